The topological polar surface area (TPSA) is 70.5 Å². The minimum absolute atomic E-state index is 0.0242. The highest BCUT2D eigenvalue weighted by Gasteiger charge is 2.31. The number of aliphatic carboxylic acids is 1. The summed E-state index contributed by atoms with van der Waals surface area (Å²) in [6.45, 7) is 0.330. The third-order valence-corrected chi connectivity index (χ3v) is 3.99. The van der Waals surface area contributed by atoms with Crippen molar-refractivity contribution < 1.29 is 14.7 Å². The highest BCUT2D eigenvalue weighted by atomic mass is 32.2. The average Bonchev–Trinajstić information content (AvgIpc) is 2.67. The molecular weight excluding hydrogens is 296 g/mol. The van der Waals surface area contributed by atoms with Gasteiger partial charge in [0.1, 0.15) is 4.32 Å². The smallest absolute Gasteiger partial charge is 0.303 e. The van der Waals surface area contributed by atoms with E-state index < -0.39 is 5.97 Å². The Labute approximate surface area is 125 Å². The lowest BCUT2D eigenvalue weighted by molar-refractivity contribution is -0.137. The summed E-state index contributed by atoms with van der Waals surface area (Å²) >= 11 is 6.37. The van der Waals surface area contributed by atoms with Crippen molar-refractivity contribution in [2.24, 2.45) is 0 Å². The Morgan fingerprint density at radius 3 is 2.95 bits per heavy atom. The third kappa shape index (κ3) is 3.64. The minimum Gasteiger partial charge on any atom is -0.481 e. The average molecular weight is 308 g/mol. The number of carbonyl (C=O) groups excluding carboxylic acids is 1. The van der Waals surface area contributed by atoms with Gasteiger partial charge in [-0.05, 0) is 24.6 Å². The number of carboxylic acids is 1. The van der Waals surface area contributed by atoms with E-state index in [0.717, 1.165) is 0 Å². The zero-order valence-electron chi connectivity index (χ0n) is 10.5. The second kappa shape index (κ2) is 6.62. The lowest BCUT2D eigenvalue weighted by Crippen LogP contribution is -2.29. The number of carbonyl (C=O) groups is 2. The van der Waals surface area contributed by atoms with Crippen LogP contribution in [-0.2, 0) is 9.59 Å². The molecule has 104 valence electrons. The highest BCUT2D eigenvalue weighted by Crippen LogP contribution is 2.32. The van der Waals surface area contributed by atoms with Crippen LogP contribution in [0.5, 0.6) is 0 Å². The van der Waals surface area contributed by atoms with Crippen molar-refractivity contribution in [3.8, 4) is 0 Å². The van der Waals surface area contributed by atoms with E-state index in [4.69, 9.17) is 17.3 Å². The van der Waals surface area contributed by atoms with Gasteiger partial charge in [0.05, 0.1) is 10.6 Å². The number of hydrogen-bond donors (Lipinski definition) is 1. The van der Waals surface area contributed by atoms with Gasteiger partial charge in [0.2, 0.25) is 0 Å². The lowest BCUT2D eigenvalue weighted by atomic mass is 10.3. The largest absolute Gasteiger partial charge is 0.481 e. The molecule has 1 amide bonds. The van der Waals surface area contributed by atoms with Gasteiger partial charge in [-0.25, -0.2) is 0 Å². The number of hydrogen-bond acceptors (Lipinski definition) is 5. The molecule has 0 radical (unpaired) electrons. The molecule has 5 nitrogen and oxygen atoms in total. The molecule has 0 unspecified atom stereocenters. The van der Waals surface area contributed by atoms with E-state index in [1.165, 1.54) is 16.7 Å². The monoisotopic (exact) mass is 308 g/mol. The minimum atomic E-state index is -0.875. The molecule has 2 heterocycles. The molecule has 1 saturated heterocycles. The molecule has 0 bridgehead atoms. The van der Waals surface area contributed by atoms with Crippen LogP contribution >= 0.6 is 24.0 Å². The van der Waals surface area contributed by atoms with Crippen LogP contribution in [0.3, 0.4) is 0 Å². The molecule has 1 aromatic heterocycles. The van der Waals surface area contributed by atoms with Gasteiger partial charge in [-0.1, -0.05) is 30.0 Å². The van der Waals surface area contributed by atoms with Crippen molar-refractivity contribution in [2.45, 2.75) is 12.8 Å². The van der Waals surface area contributed by atoms with Gasteiger partial charge in [0.25, 0.3) is 5.91 Å². The second-order valence-corrected chi connectivity index (χ2v) is 5.76. The lowest BCUT2D eigenvalue weighted by Gasteiger charge is -2.13. The number of amides is 1. The van der Waals surface area contributed by atoms with E-state index in [1.54, 1.807) is 24.4 Å². The molecular formula is C13H12N2O3S2. The summed E-state index contributed by atoms with van der Waals surface area (Å²) in [5, 5.41) is 8.60. The number of aromatic nitrogens is 1. The molecule has 1 aliphatic rings. The molecule has 0 aromatic carbocycles. The van der Waals surface area contributed by atoms with Crippen LogP contribution in [0.4, 0.5) is 0 Å². The van der Waals surface area contributed by atoms with Crippen molar-refractivity contribution in [1.82, 2.24) is 9.88 Å². The molecule has 0 aliphatic carbocycles. The van der Waals surface area contributed by atoms with Crippen LogP contribution in [-0.4, -0.2) is 37.7 Å². The first-order chi connectivity index (χ1) is 9.58. The molecule has 0 saturated carbocycles. The van der Waals surface area contributed by atoms with Crippen LogP contribution in [0.2, 0.25) is 0 Å². The number of nitrogens with zero attached hydrogens (tertiary/aromatic N) is 2. The van der Waals surface area contributed by atoms with Gasteiger partial charge in [-0.2, -0.15) is 0 Å². The summed E-state index contributed by atoms with van der Waals surface area (Å²) in [7, 11) is 0. The predicted octanol–water partition coefficient (Wildman–Crippen LogP) is 2.15. The third-order valence-electron chi connectivity index (χ3n) is 2.61. The number of pyridine rings is 1. The number of thioether (sulfide) groups is 1. The van der Waals surface area contributed by atoms with Gasteiger partial charge >= 0.3 is 5.97 Å². The second-order valence-electron chi connectivity index (χ2n) is 4.09. The number of rotatable bonds is 5. The maximum atomic E-state index is 12.2. The van der Waals surface area contributed by atoms with Crippen LogP contribution in [0.1, 0.15) is 18.5 Å². The van der Waals surface area contributed by atoms with Crippen molar-refractivity contribution in [2.75, 3.05) is 6.54 Å². The first-order valence-corrected chi connectivity index (χ1v) is 7.18. The molecule has 0 spiro atoms. The summed E-state index contributed by atoms with van der Waals surface area (Å²) in [4.78, 5) is 28.7. The Kier molecular flexibility index (Phi) is 4.86. The van der Waals surface area contributed by atoms with E-state index in [0.29, 0.717) is 27.9 Å². The Balaban J connectivity index is 2.05. The zero-order chi connectivity index (χ0) is 14.5. The molecule has 1 aromatic rings. The SMILES string of the molecule is O=C(O)CCCN1C(=O)/C(=C\c2ccccn2)SC1=S. The van der Waals surface area contributed by atoms with Gasteiger partial charge in [-0.3, -0.25) is 19.5 Å². The highest BCUT2D eigenvalue weighted by molar-refractivity contribution is 8.26. The fourth-order valence-corrected chi connectivity index (χ4v) is 2.97. The van der Waals surface area contributed by atoms with E-state index in [1.807, 2.05) is 6.07 Å². The van der Waals surface area contributed by atoms with Crippen molar-refractivity contribution >= 4 is 46.3 Å². The quantitative estimate of drug-likeness (QED) is 0.664. The van der Waals surface area contributed by atoms with Crippen LogP contribution in [0.15, 0.2) is 29.3 Å². The van der Waals surface area contributed by atoms with E-state index in [-0.39, 0.29) is 12.3 Å². The predicted molar refractivity (Wildman–Crippen MR) is 81.0 cm³/mol. The maximum Gasteiger partial charge on any atom is 0.303 e. The summed E-state index contributed by atoms with van der Waals surface area (Å²) in [6.07, 6.45) is 3.75. The molecule has 1 aliphatic heterocycles. The van der Waals surface area contributed by atoms with Crippen molar-refractivity contribution in [3.63, 3.8) is 0 Å². The van der Waals surface area contributed by atoms with Gasteiger partial charge in [-0.15, -0.1) is 0 Å². The van der Waals surface area contributed by atoms with E-state index in [9.17, 15) is 9.59 Å². The maximum absolute atomic E-state index is 12.2. The van der Waals surface area contributed by atoms with E-state index in [2.05, 4.69) is 4.98 Å². The molecule has 0 atom stereocenters. The summed E-state index contributed by atoms with van der Waals surface area (Å²) in [5.41, 5.74) is 0.693. The van der Waals surface area contributed by atoms with Gasteiger partial charge in [0.15, 0.2) is 0 Å². The fourth-order valence-electron chi connectivity index (χ4n) is 1.68. The van der Waals surface area contributed by atoms with Crippen molar-refractivity contribution in [3.05, 3.63) is 35.0 Å². The Bertz CT molecular complexity index is 572. The fraction of sp³-hybridized carbons (Fsp3) is 0.231. The first kappa shape index (κ1) is 14.7. The van der Waals surface area contributed by atoms with Crippen LogP contribution < -0.4 is 0 Å². The first-order valence-electron chi connectivity index (χ1n) is 5.96. The van der Waals surface area contributed by atoms with Crippen LogP contribution in [0, 0.1) is 0 Å². The van der Waals surface area contributed by atoms with Crippen LogP contribution in [0.25, 0.3) is 6.08 Å². The Morgan fingerprint density at radius 1 is 1.50 bits per heavy atom. The zero-order valence-corrected chi connectivity index (χ0v) is 12.1. The van der Waals surface area contributed by atoms with Crippen molar-refractivity contribution in [1.29, 1.82) is 0 Å². The summed E-state index contributed by atoms with van der Waals surface area (Å²) in [5.74, 6) is -1.06. The molecule has 1 N–H and O–H groups in total. The number of carboxylic acid groups (broad SMARTS) is 1. The molecule has 20 heavy (non-hydrogen) atoms. The Hall–Kier alpha value is -1.73. The van der Waals surface area contributed by atoms with E-state index >= 15 is 0 Å². The normalized spacial score (nSPS) is 17.0. The summed E-state index contributed by atoms with van der Waals surface area (Å²) < 4.78 is 0.461. The van der Waals surface area contributed by atoms with Gasteiger partial charge < -0.3 is 5.11 Å². The molecule has 1 fully saturated rings. The molecule has 7 heteroatoms. The standard InChI is InChI=1S/C13H12N2O3S2/c16-11(17)5-3-7-15-12(18)10(20-13(15)19)8-9-4-1-2-6-14-9/h1-2,4,6,8H,3,5,7H2,(H,16,17)/b10-8+. The Morgan fingerprint density at radius 2 is 2.30 bits per heavy atom. The summed E-state index contributed by atoms with van der Waals surface area (Å²) in [6, 6.07) is 5.44. The van der Waals surface area contributed by atoms with Gasteiger partial charge in [0, 0.05) is 19.2 Å². The number of thiocarbonyl (C=S) groups is 1. The molecule has 2 rings (SSSR count).